The lowest BCUT2D eigenvalue weighted by atomic mass is 10.2. The highest BCUT2D eigenvalue weighted by molar-refractivity contribution is 8.00. The fourth-order valence-electron chi connectivity index (χ4n) is 1.80. The van der Waals surface area contributed by atoms with Crippen molar-refractivity contribution < 1.29 is 14.7 Å². The largest absolute Gasteiger partial charge is 0.481 e. The van der Waals surface area contributed by atoms with Crippen molar-refractivity contribution in [2.24, 2.45) is 0 Å². The van der Waals surface area contributed by atoms with E-state index in [9.17, 15) is 9.59 Å². The molecule has 2 amide bonds. The van der Waals surface area contributed by atoms with Crippen molar-refractivity contribution in [2.75, 3.05) is 11.9 Å². The normalized spacial score (nSPS) is 11.1. The van der Waals surface area contributed by atoms with E-state index in [1.165, 1.54) is 0 Å². The van der Waals surface area contributed by atoms with Crippen LogP contribution >= 0.6 is 11.8 Å². The van der Waals surface area contributed by atoms with Crippen LogP contribution in [0.1, 0.15) is 39.2 Å². The topological polar surface area (TPSA) is 78.4 Å². The van der Waals surface area contributed by atoms with Crippen molar-refractivity contribution >= 4 is 29.4 Å². The van der Waals surface area contributed by atoms with Gasteiger partial charge in [-0.3, -0.25) is 4.79 Å². The van der Waals surface area contributed by atoms with E-state index in [-0.39, 0.29) is 17.2 Å². The van der Waals surface area contributed by atoms with Gasteiger partial charge >= 0.3 is 12.0 Å². The molecule has 0 spiro atoms. The summed E-state index contributed by atoms with van der Waals surface area (Å²) < 4.78 is 0.142. The summed E-state index contributed by atoms with van der Waals surface area (Å²) >= 11 is 1.78. The van der Waals surface area contributed by atoms with E-state index in [4.69, 9.17) is 5.11 Å². The van der Waals surface area contributed by atoms with Crippen molar-refractivity contribution in [1.29, 1.82) is 0 Å². The lowest BCUT2D eigenvalue weighted by Crippen LogP contribution is -2.30. The number of hydrogen-bond acceptors (Lipinski definition) is 3. The molecule has 0 saturated heterocycles. The minimum absolute atomic E-state index is 0.0536. The number of carboxylic acids is 1. The van der Waals surface area contributed by atoms with Crippen LogP contribution in [0.5, 0.6) is 0 Å². The van der Waals surface area contributed by atoms with E-state index in [2.05, 4.69) is 37.5 Å². The number of carbonyl (C=O) groups is 2. The van der Waals surface area contributed by atoms with Crippen LogP contribution in [0.15, 0.2) is 23.1 Å². The molecule has 0 bridgehead atoms. The molecule has 3 N–H and O–H groups in total. The van der Waals surface area contributed by atoms with E-state index in [0.717, 1.165) is 16.1 Å². The quantitative estimate of drug-likeness (QED) is 0.548. The van der Waals surface area contributed by atoms with Crippen LogP contribution in [0.3, 0.4) is 0 Å². The molecule has 0 unspecified atom stereocenters. The van der Waals surface area contributed by atoms with Crippen molar-refractivity contribution in [3.8, 4) is 0 Å². The van der Waals surface area contributed by atoms with Crippen LogP contribution in [-0.2, 0) is 4.79 Å². The maximum Gasteiger partial charge on any atom is 0.319 e. The molecule has 0 atom stereocenters. The Labute approximate surface area is 135 Å². The van der Waals surface area contributed by atoms with Crippen LogP contribution in [0, 0.1) is 6.92 Å². The molecule has 0 aliphatic heterocycles. The van der Waals surface area contributed by atoms with Crippen LogP contribution < -0.4 is 10.6 Å². The number of amides is 2. The van der Waals surface area contributed by atoms with Crippen molar-refractivity contribution in [3.05, 3.63) is 23.8 Å². The lowest BCUT2D eigenvalue weighted by Gasteiger charge is -2.18. The monoisotopic (exact) mass is 324 g/mol. The number of carboxylic acid groups (broad SMARTS) is 1. The Morgan fingerprint density at radius 2 is 1.95 bits per heavy atom. The van der Waals surface area contributed by atoms with Gasteiger partial charge in [0.15, 0.2) is 0 Å². The van der Waals surface area contributed by atoms with E-state index in [0.29, 0.717) is 13.0 Å². The fraction of sp³-hybridized carbons (Fsp3) is 0.500. The third-order valence-corrected chi connectivity index (χ3v) is 3.83. The molecule has 1 aromatic carbocycles. The highest BCUT2D eigenvalue weighted by Gasteiger charge is 2.13. The number of aliphatic carboxylic acids is 1. The molecule has 0 aliphatic carbocycles. The van der Waals surface area contributed by atoms with Crippen LogP contribution in [0.25, 0.3) is 0 Å². The van der Waals surface area contributed by atoms with Crippen molar-refractivity contribution in [1.82, 2.24) is 5.32 Å². The Hall–Kier alpha value is -1.69. The van der Waals surface area contributed by atoms with Crippen LogP contribution in [0.2, 0.25) is 0 Å². The summed E-state index contributed by atoms with van der Waals surface area (Å²) in [4.78, 5) is 23.3. The van der Waals surface area contributed by atoms with E-state index in [1.54, 1.807) is 11.8 Å². The number of urea groups is 1. The van der Waals surface area contributed by atoms with Gasteiger partial charge in [-0.05, 0) is 37.1 Å². The highest BCUT2D eigenvalue weighted by atomic mass is 32.2. The first-order valence-electron chi connectivity index (χ1n) is 7.24. The van der Waals surface area contributed by atoms with Gasteiger partial charge in [0.25, 0.3) is 0 Å². The molecule has 0 radical (unpaired) electrons. The van der Waals surface area contributed by atoms with Gasteiger partial charge in [-0.15, -0.1) is 11.8 Å². The first-order chi connectivity index (χ1) is 10.2. The predicted octanol–water partition coefficient (Wildman–Crippen LogP) is 3.87. The first kappa shape index (κ1) is 18.4. The van der Waals surface area contributed by atoms with Crippen LogP contribution in [0.4, 0.5) is 10.5 Å². The fourth-order valence-corrected chi connectivity index (χ4v) is 2.88. The molecular formula is C16H24N2O3S. The zero-order valence-corrected chi connectivity index (χ0v) is 14.3. The second-order valence-electron chi connectivity index (χ2n) is 6.07. The van der Waals surface area contributed by atoms with Gasteiger partial charge in [0.1, 0.15) is 0 Å². The minimum atomic E-state index is -0.856. The van der Waals surface area contributed by atoms with Gasteiger partial charge < -0.3 is 15.7 Å². The Morgan fingerprint density at radius 1 is 1.27 bits per heavy atom. The maximum atomic E-state index is 11.7. The average Bonchev–Trinajstić information content (AvgIpc) is 2.36. The SMILES string of the molecule is Cc1cc(SC(C)(C)C)ccc1NC(=O)NCCCC(=O)O. The maximum absolute atomic E-state index is 11.7. The number of rotatable bonds is 6. The van der Waals surface area contributed by atoms with Gasteiger partial charge in [0.05, 0.1) is 0 Å². The first-order valence-corrected chi connectivity index (χ1v) is 8.05. The molecular weight excluding hydrogens is 300 g/mol. The Kier molecular flexibility index (Phi) is 6.74. The highest BCUT2D eigenvalue weighted by Crippen LogP contribution is 2.33. The lowest BCUT2D eigenvalue weighted by molar-refractivity contribution is -0.137. The summed E-state index contributed by atoms with van der Waals surface area (Å²) in [6.07, 6.45) is 0.473. The summed E-state index contributed by atoms with van der Waals surface area (Å²) in [5.74, 6) is -0.856. The predicted molar refractivity (Wildman–Crippen MR) is 90.7 cm³/mol. The third kappa shape index (κ3) is 7.36. The Bertz CT molecular complexity index is 539. The number of thioether (sulfide) groups is 1. The third-order valence-electron chi connectivity index (χ3n) is 2.72. The number of nitrogens with one attached hydrogen (secondary N) is 2. The molecule has 0 aromatic heterocycles. The van der Waals surface area contributed by atoms with Crippen molar-refractivity contribution in [3.63, 3.8) is 0 Å². The molecule has 122 valence electrons. The smallest absolute Gasteiger partial charge is 0.319 e. The van der Waals surface area contributed by atoms with Crippen molar-refractivity contribution in [2.45, 2.75) is 50.2 Å². The summed E-state index contributed by atoms with van der Waals surface area (Å²) in [5, 5.41) is 14.0. The number of benzene rings is 1. The molecule has 0 saturated carbocycles. The molecule has 0 heterocycles. The summed E-state index contributed by atoms with van der Waals surface area (Å²) in [6, 6.07) is 5.61. The number of anilines is 1. The van der Waals surface area contributed by atoms with E-state index >= 15 is 0 Å². The number of hydrogen-bond donors (Lipinski definition) is 3. The van der Waals surface area contributed by atoms with Gasteiger partial charge in [0.2, 0.25) is 0 Å². The Morgan fingerprint density at radius 3 is 2.50 bits per heavy atom. The van der Waals surface area contributed by atoms with Gasteiger partial charge in [-0.1, -0.05) is 20.8 Å². The van der Waals surface area contributed by atoms with Gasteiger partial charge in [-0.25, -0.2) is 4.79 Å². The molecule has 1 rings (SSSR count). The van der Waals surface area contributed by atoms with E-state index in [1.807, 2.05) is 19.1 Å². The molecule has 5 nitrogen and oxygen atoms in total. The molecule has 1 aromatic rings. The summed E-state index contributed by atoms with van der Waals surface area (Å²) in [7, 11) is 0. The minimum Gasteiger partial charge on any atom is -0.481 e. The summed E-state index contributed by atoms with van der Waals surface area (Å²) in [6.45, 7) is 8.76. The average molecular weight is 324 g/mol. The number of carbonyl (C=O) groups excluding carboxylic acids is 1. The summed E-state index contributed by atoms with van der Waals surface area (Å²) in [5.41, 5.74) is 1.75. The number of aryl methyl sites for hydroxylation is 1. The van der Waals surface area contributed by atoms with Gasteiger partial charge in [0, 0.05) is 28.3 Å². The molecule has 6 heteroatoms. The molecule has 0 fully saturated rings. The second kappa shape index (κ2) is 8.08. The van der Waals surface area contributed by atoms with Crippen LogP contribution in [-0.4, -0.2) is 28.4 Å². The van der Waals surface area contributed by atoms with E-state index < -0.39 is 5.97 Å². The second-order valence-corrected chi connectivity index (χ2v) is 7.97. The Balaban J connectivity index is 2.52. The zero-order chi connectivity index (χ0) is 16.8. The standard InChI is InChI=1S/C16H24N2O3S/c1-11-10-12(22-16(2,3)4)7-8-13(11)18-15(21)17-9-5-6-14(19)20/h7-8,10H,5-6,9H2,1-4H3,(H,19,20)(H2,17,18,21). The molecule has 0 aliphatic rings. The molecule has 22 heavy (non-hydrogen) atoms. The zero-order valence-electron chi connectivity index (χ0n) is 13.5. The van der Waals surface area contributed by atoms with Gasteiger partial charge in [-0.2, -0.15) is 0 Å².